The lowest BCUT2D eigenvalue weighted by Crippen LogP contribution is -2.57. The number of carbonyl (C=O) groups excluding carboxylic acids is 2. The van der Waals surface area contributed by atoms with E-state index in [9.17, 15) is 9.59 Å². The summed E-state index contributed by atoms with van der Waals surface area (Å²) < 4.78 is 0. The van der Waals surface area contributed by atoms with E-state index in [0.717, 1.165) is 0 Å². The third-order valence-electron chi connectivity index (χ3n) is 2.69. The Morgan fingerprint density at radius 1 is 1.39 bits per heavy atom. The molecule has 1 aliphatic heterocycles. The van der Waals surface area contributed by atoms with E-state index in [2.05, 4.69) is 10.6 Å². The molecule has 2 amide bonds. The zero-order chi connectivity index (χ0) is 13.3. The van der Waals surface area contributed by atoms with Crippen molar-refractivity contribution in [3.63, 3.8) is 0 Å². The van der Waals surface area contributed by atoms with Gasteiger partial charge in [-0.25, -0.2) is 0 Å². The normalized spacial score (nSPS) is 23.2. The molecule has 0 aliphatic carbocycles. The Labute approximate surface area is 114 Å². The fourth-order valence-corrected chi connectivity index (χ4v) is 2.36. The van der Waals surface area contributed by atoms with Crippen LogP contribution in [0.2, 0.25) is 5.02 Å². The van der Waals surface area contributed by atoms with Crippen LogP contribution in [0.1, 0.15) is 11.6 Å². The summed E-state index contributed by atoms with van der Waals surface area (Å²) in [5.74, 6) is -2.29. The Balaban J connectivity index is 2.45. The smallest absolute Gasteiger partial charge is 0.241 e. The fraction of sp³-hybridized carbons (Fsp3) is 0.182. The summed E-state index contributed by atoms with van der Waals surface area (Å²) in [5, 5.41) is 5.82. The molecule has 1 saturated heterocycles. The lowest BCUT2D eigenvalue weighted by atomic mass is 9.90. The Bertz CT molecular complexity index is 535. The van der Waals surface area contributed by atoms with Crippen LogP contribution in [0.4, 0.5) is 0 Å². The van der Waals surface area contributed by atoms with Crippen molar-refractivity contribution in [1.29, 1.82) is 0 Å². The molecule has 0 bridgehead atoms. The predicted molar refractivity (Wildman–Crippen MR) is 70.8 cm³/mol. The van der Waals surface area contributed by atoms with Crippen LogP contribution >= 0.6 is 23.8 Å². The van der Waals surface area contributed by atoms with Gasteiger partial charge in [0.15, 0.2) is 5.11 Å². The predicted octanol–water partition coefficient (Wildman–Crippen LogP) is 0.487. The van der Waals surface area contributed by atoms with Gasteiger partial charge in [0, 0.05) is 5.02 Å². The number of nitrogens with two attached hydrogens (primary N) is 1. The number of rotatable bonds is 2. The second kappa shape index (κ2) is 4.91. The van der Waals surface area contributed by atoms with E-state index in [-0.39, 0.29) is 5.11 Å². The monoisotopic (exact) mass is 283 g/mol. The molecule has 5 nitrogen and oxygen atoms in total. The highest BCUT2D eigenvalue weighted by molar-refractivity contribution is 7.80. The first-order chi connectivity index (χ1) is 8.50. The highest BCUT2D eigenvalue weighted by Gasteiger charge is 2.39. The molecule has 18 heavy (non-hydrogen) atoms. The highest BCUT2D eigenvalue weighted by Crippen LogP contribution is 2.30. The van der Waals surface area contributed by atoms with Crippen LogP contribution in [0, 0.1) is 5.92 Å². The van der Waals surface area contributed by atoms with E-state index in [1.54, 1.807) is 24.3 Å². The van der Waals surface area contributed by atoms with Crippen molar-refractivity contribution in [2.75, 3.05) is 0 Å². The number of hydrogen-bond donors (Lipinski definition) is 3. The van der Waals surface area contributed by atoms with Gasteiger partial charge in [-0.05, 0) is 23.8 Å². The summed E-state index contributed by atoms with van der Waals surface area (Å²) in [6.45, 7) is 0. The van der Waals surface area contributed by atoms with Crippen LogP contribution in [0.3, 0.4) is 0 Å². The summed E-state index contributed by atoms with van der Waals surface area (Å²) in [4.78, 5) is 23.2. The molecule has 0 aromatic heterocycles. The van der Waals surface area contributed by atoms with Gasteiger partial charge in [0.05, 0.1) is 6.04 Å². The topological polar surface area (TPSA) is 84.2 Å². The first-order valence-corrected chi connectivity index (χ1v) is 5.94. The maximum atomic E-state index is 11.8. The van der Waals surface area contributed by atoms with E-state index < -0.39 is 23.8 Å². The molecule has 94 valence electrons. The zero-order valence-corrected chi connectivity index (χ0v) is 10.7. The van der Waals surface area contributed by atoms with Crippen LogP contribution in [0.25, 0.3) is 0 Å². The van der Waals surface area contributed by atoms with Crippen molar-refractivity contribution in [1.82, 2.24) is 10.6 Å². The molecular formula is C11H10ClN3O2S. The molecule has 0 radical (unpaired) electrons. The summed E-state index contributed by atoms with van der Waals surface area (Å²) in [6.07, 6.45) is 0. The molecule has 2 rings (SSSR count). The van der Waals surface area contributed by atoms with Gasteiger partial charge < -0.3 is 16.4 Å². The standard InChI is InChI=1S/C11H10ClN3O2S/c12-6-4-2-1-3-5(6)8-7(9(13)16)10(17)15-11(18)14-8/h1-4,7-8H,(H2,13,16)(H2,14,15,17,18). The van der Waals surface area contributed by atoms with Gasteiger partial charge in [0.2, 0.25) is 11.8 Å². The fourth-order valence-electron chi connectivity index (χ4n) is 1.88. The molecule has 2 unspecified atom stereocenters. The molecule has 7 heteroatoms. The minimum Gasteiger partial charge on any atom is -0.369 e. The zero-order valence-electron chi connectivity index (χ0n) is 9.14. The maximum absolute atomic E-state index is 11.8. The van der Waals surface area contributed by atoms with E-state index in [0.29, 0.717) is 10.6 Å². The van der Waals surface area contributed by atoms with Gasteiger partial charge in [-0.1, -0.05) is 29.8 Å². The number of carbonyl (C=O) groups is 2. The number of thiocarbonyl (C=S) groups is 1. The molecule has 2 atom stereocenters. The molecule has 1 aliphatic rings. The SMILES string of the molecule is NC(=O)C1C(=O)NC(=S)NC1c1ccccc1Cl. The third-order valence-corrected chi connectivity index (χ3v) is 3.25. The molecule has 1 heterocycles. The minimum atomic E-state index is -1.04. The molecule has 1 aromatic carbocycles. The number of amides is 2. The molecule has 1 fully saturated rings. The molecule has 0 spiro atoms. The van der Waals surface area contributed by atoms with Gasteiger partial charge >= 0.3 is 0 Å². The number of nitrogens with one attached hydrogen (secondary N) is 2. The summed E-state index contributed by atoms with van der Waals surface area (Å²) in [5.41, 5.74) is 5.87. The van der Waals surface area contributed by atoms with Crippen LogP contribution in [-0.4, -0.2) is 16.9 Å². The summed E-state index contributed by atoms with van der Waals surface area (Å²) in [7, 11) is 0. The third kappa shape index (κ3) is 2.30. The van der Waals surface area contributed by atoms with E-state index in [1.165, 1.54) is 0 Å². The van der Waals surface area contributed by atoms with Gasteiger partial charge in [-0.3, -0.25) is 9.59 Å². The first kappa shape index (κ1) is 12.8. The van der Waals surface area contributed by atoms with Crippen molar-refractivity contribution in [3.8, 4) is 0 Å². The summed E-state index contributed by atoms with van der Waals surface area (Å²) >= 11 is 11.0. The average Bonchev–Trinajstić information content (AvgIpc) is 2.27. The van der Waals surface area contributed by atoms with E-state index >= 15 is 0 Å². The van der Waals surface area contributed by atoms with Crippen LogP contribution in [0.15, 0.2) is 24.3 Å². The Hall–Kier alpha value is -1.66. The Morgan fingerprint density at radius 2 is 2.06 bits per heavy atom. The van der Waals surface area contributed by atoms with Gasteiger partial charge in [-0.15, -0.1) is 0 Å². The van der Waals surface area contributed by atoms with Crippen molar-refractivity contribution >= 4 is 40.7 Å². The minimum absolute atomic E-state index is 0.155. The lowest BCUT2D eigenvalue weighted by molar-refractivity contribution is -0.134. The van der Waals surface area contributed by atoms with Crippen molar-refractivity contribution < 1.29 is 9.59 Å². The molecule has 4 N–H and O–H groups in total. The van der Waals surface area contributed by atoms with Crippen LogP contribution in [-0.2, 0) is 9.59 Å². The highest BCUT2D eigenvalue weighted by atomic mass is 35.5. The van der Waals surface area contributed by atoms with Crippen molar-refractivity contribution in [3.05, 3.63) is 34.9 Å². The summed E-state index contributed by atoms with van der Waals surface area (Å²) in [6, 6.07) is 6.27. The lowest BCUT2D eigenvalue weighted by Gasteiger charge is -2.31. The van der Waals surface area contributed by atoms with Crippen molar-refractivity contribution in [2.24, 2.45) is 11.7 Å². The van der Waals surface area contributed by atoms with E-state index in [4.69, 9.17) is 29.6 Å². The van der Waals surface area contributed by atoms with Crippen LogP contribution < -0.4 is 16.4 Å². The maximum Gasteiger partial charge on any atom is 0.241 e. The number of primary amides is 1. The molecule has 0 saturated carbocycles. The Kier molecular flexibility index (Phi) is 3.49. The Morgan fingerprint density at radius 3 is 2.67 bits per heavy atom. The first-order valence-electron chi connectivity index (χ1n) is 5.16. The number of halogens is 1. The van der Waals surface area contributed by atoms with Crippen LogP contribution in [0.5, 0.6) is 0 Å². The van der Waals surface area contributed by atoms with E-state index in [1.807, 2.05) is 0 Å². The van der Waals surface area contributed by atoms with Gasteiger partial charge in [0.1, 0.15) is 5.92 Å². The number of benzene rings is 1. The number of hydrogen-bond acceptors (Lipinski definition) is 3. The van der Waals surface area contributed by atoms with Gasteiger partial charge in [-0.2, -0.15) is 0 Å². The largest absolute Gasteiger partial charge is 0.369 e. The second-order valence-corrected chi connectivity index (χ2v) is 4.66. The quantitative estimate of drug-likeness (QED) is 0.545. The molecular weight excluding hydrogens is 274 g/mol. The average molecular weight is 284 g/mol. The van der Waals surface area contributed by atoms with Crippen molar-refractivity contribution in [2.45, 2.75) is 6.04 Å². The second-order valence-electron chi connectivity index (χ2n) is 3.84. The molecule has 1 aromatic rings. The van der Waals surface area contributed by atoms with Gasteiger partial charge in [0.25, 0.3) is 0 Å².